The third-order valence-corrected chi connectivity index (χ3v) is 3.65. The van der Waals surface area contributed by atoms with Crippen LogP contribution in [0.4, 0.5) is 10.1 Å². The van der Waals surface area contributed by atoms with Crippen LogP contribution in [0.25, 0.3) is 0 Å². The number of hydrogen-bond acceptors (Lipinski definition) is 2. The molecule has 0 spiro atoms. The van der Waals surface area contributed by atoms with Crippen LogP contribution in [0, 0.1) is 5.82 Å². The molecule has 0 saturated carbocycles. The molecule has 0 unspecified atom stereocenters. The molecule has 0 aromatic heterocycles. The monoisotopic (exact) mass is 270 g/mol. The third-order valence-electron chi connectivity index (χ3n) is 3.65. The van der Waals surface area contributed by atoms with Gasteiger partial charge < -0.3 is 11.1 Å². The Balaban J connectivity index is 1.70. The summed E-state index contributed by atoms with van der Waals surface area (Å²) >= 11 is 0. The highest BCUT2D eigenvalue weighted by Gasteiger charge is 2.22. The van der Waals surface area contributed by atoms with Gasteiger partial charge in [0.05, 0.1) is 5.69 Å². The quantitative estimate of drug-likeness (QED) is 0.823. The normalized spacial score (nSPS) is 14.1. The van der Waals surface area contributed by atoms with Crippen molar-refractivity contribution in [2.24, 2.45) is 0 Å². The van der Waals surface area contributed by atoms with E-state index in [1.54, 1.807) is 0 Å². The summed E-state index contributed by atoms with van der Waals surface area (Å²) in [4.78, 5) is 12.1. The largest absolute Gasteiger partial charge is 0.396 e. The molecule has 4 heteroatoms. The van der Waals surface area contributed by atoms with Crippen LogP contribution in [0.5, 0.6) is 0 Å². The maximum absolute atomic E-state index is 13.4. The van der Waals surface area contributed by atoms with Gasteiger partial charge in [0.1, 0.15) is 5.82 Å². The topological polar surface area (TPSA) is 55.1 Å². The first kappa shape index (κ1) is 12.7. The molecule has 3 N–H and O–H groups in total. The van der Waals surface area contributed by atoms with Crippen molar-refractivity contribution in [2.45, 2.75) is 18.9 Å². The van der Waals surface area contributed by atoms with Gasteiger partial charge in [0, 0.05) is 11.6 Å². The number of carbonyl (C=O) groups excluding carboxylic acids is 1. The lowest BCUT2D eigenvalue weighted by atomic mass is 10.1. The van der Waals surface area contributed by atoms with Crippen molar-refractivity contribution in [2.75, 3.05) is 5.73 Å². The van der Waals surface area contributed by atoms with E-state index in [0.29, 0.717) is 5.56 Å². The van der Waals surface area contributed by atoms with E-state index in [2.05, 4.69) is 17.4 Å². The molecule has 2 aromatic carbocycles. The number of rotatable bonds is 2. The molecule has 0 fully saturated rings. The van der Waals surface area contributed by atoms with E-state index in [4.69, 9.17) is 5.73 Å². The number of hydrogen-bond donors (Lipinski definition) is 2. The molecule has 3 rings (SSSR count). The summed E-state index contributed by atoms with van der Waals surface area (Å²) in [5.74, 6) is -0.825. The van der Waals surface area contributed by atoms with E-state index in [0.717, 1.165) is 12.8 Å². The second kappa shape index (κ2) is 4.96. The fourth-order valence-electron chi connectivity index (χ4n) is 2.60. The molecule has 20 heavy (non-hydrogen) atoms. The number of halogens is 1. The van der Waals surface area contributed by atoms with Crippen LogP contribution in [-0.2, 0) is 12.8 Å². The standard InChI is InChI=1S/C16H15FN2O/c17-14-9-12(5-6-15(14)18)16(20)19-13-7-10-3-1-2-4-11(10)8-13/h1-6,9,13H,7-8,18H2,(H,19,20). The second-order valence-corrected chi connectivity index (χ2v) is 5.08. The van der Waals surface area contributed by atoms with E-state index in [1.807, 2.05) is 12.1 Å². The summed E-state index contributed by atoms with van der Waals surface area (Å²) in [6.45, 7) is 0. The molecule has 2 aromatic rings. The van der Waals surface area contributed by atoms with Crippen molar-refractivity contribution in [1.29, 1.82) is 0 Å². The fraction of sp³-hybridized carbons (Fsp3) is 0.188. The number of nitrogens with two attached hydrogens (primary N) is 1. The highest BCUT2D eigenvalue weighted by molar-refractivity contribution is 5.94. The first-order chi connectivity index (χ1) is 9.63. The molecule has 1 amide bonds. The number of anilines is 1. The van der Waals surface area contributed by atoms with Gasteiger partial charge in [-0.25, -0.2) is 4.39 Å². The van der Waals surface area contributed by atoms with Crippen LogP contribution >= 0.6 is 0 Å². The molecule has 0 aliphatic heterocycles. The van der Waals surface area contributed by atoms with Crippen LogP contribution in [0.3, 0.4) is 0 Å². The minimum Gasteiger partial charge on any atom is -0.396 e. The molecule has 1 aliphatic carbocycles. The van der Waals surface area contributed by atoms with Gasteiger partial charge in [-0.2, -0.15) is 0 Å². The molecule has 0 saturated heterocycles. The van der Waals surface area contributed by atoms with Crippen molar-refractivity contribution in [1.82, 2.24) is 5.32 Å². The number of benzene rings is 2. The molecular weight excluding hydrogens is 255 g/mol. The summed E-state index contributed by atoms with van der Waals surface area (Å²) < 4.78 is 13.4. The lowest BCUT2D eigenvalue weighted by Gasteiger charge is -2.12. The first-order valence-corrected chi connectivity index (χ1v) is 6.56. The Morgan fingerprint density at radius 3 is 2.40 bits per heavy atom. The van der Waals surface area contributed by atoms with Crippen LogP contribution in [0.1, 0.15) is 21.5 Å². The maximum atomic E-state index is 13.4. The zero-order valence-corrected chi connectivity index (χ0v) is 10.9. The number of fused-ring (bicyclic) bond motifs is 1. The lowest BCUT2D eigenvalue weighted by Crippen LogP contribution is -2.35. The Bertz CT molecular complexity index is 644. The van der Waals surface area contributed by atoms with Gasteiger partial charge in [0.15, 0.2) is 0 Å². The zero-order chi connectivity index (χ0) is 14.1. The summed E-state index contributed by atoms with van der Waals surface area (Å²) in [7, 11) is 0. The summed E-state index contributed by atoms with van der Waals surface area (Å²) in [5, 5.41) is 2.94. The van der Waals surface area contributed by atoms with Gasteiger partial charge in [-0.1, -0.05) is 24.3 Å². The van der Waals surface area contributed by atoms with Crippen molar-refractivity contribution >= 4 is 11.6 Å². The van der Waals surface area contributed by atoms with Gasteiger partial charge in [0.2, 0.25) is 0 Å². The van der Waals surface area contributed by atoms with Crippen LogP contribution in [-0.4, -0.2) is 11.9 Å². The Morgan fingerprint density at radius 2 is 1.80 bits per heavy atom. The van der Waals surface area contributed by atoms with Crippen LogP contribution in [0.2, 0.25) is 0 Å². The Labute approximate surface area is 116 Å². The van der Waals surface area contributed by atoms with E-state index in [-0.39, 0.29) is 17.6 Å². The molecule has 0 radical (unpaired) electrons. The third kappa shape index (κ3) is 2.37. The Kier molecular flexibility index (Phi) is 3.14. The smallest absolute Gasteiger partial charge is 0.251 e. The Morgan fingerprint density at radius 1 is 1.15 bits per heavy atom. The van der Waals surface area contributed by atoms with Gasteiger partial charge >= 0.3 is 0 Å². The number of nitrogens with one attached hydrogen (secondary N) is 1. The van der Waals surface area contributed by atoms with Crippen LogP contribution < -0.4 is 11.1 Å². The van der Waals surface area contributed by atoms with Gasteiger partial charge in [-0.3, -0.25) is 4.79 Å². The molecule has 102 valence electrons. The van der Waals surface area contributed by atoms with Gasteiger partial charge in [-0.15, -0.1) is 0 Å². The minimum absolute atomic E-state index is 0.0508. The highest BCUT2D eigenvalue weighted by atomic mass is 19.1. The fourth-order valence-corrected chi connectivity index (χ4v) is 2.60. The summed E-state index contributed by atoms with van der Waals surface area (Å²) in [6, 6.07) is 12.3. The minimum atomic E-state index is -0.563. The van der Waals surface area contributed by atoms with Crippen LogP contribution in [0.15, 0.2) is 42.5 Å². The lowest BCUT2D eigenvalue weighted by molar-refractivity contribution is 0.0938. The van der Waals surface area contributed by atoms with E-state index < -0.39 is 5.82 Å². The average Bonchev–Trinajstić information content (AvgIpc) is 2.83. The molecule has 0 atom stereocenters. The maximum Gasteiger partial charge on any atom is 0.251 e. The van der Waals surface area contributed by atoms with Crippen molar-refractivity contribution in [3.05, 3.63) is 65.0 Å². The predicted octanol–water partition coefficient (Wildman–Crippen LogP) is 2.31. The van der Waals surface area contributed by atoms with Crippen molar-refractivity contribution in [3.63, 3.8) is 0 Å². The molecule has 3 nitrogen and oxygen atoms in total. The van der Waals surface area contributed by atoms with Crippen molar-refractivity contribution in [3.8, 4) is 0 Å². The number of nitrogen functional groups attached to an aromatic ring is 1. The predicted molar refractivity (Wildman–Crippen MR) is 75.9 cm³/mol. The van der Waals surface area contributed by atoms with E-state index >= 15 is 0 Å². The number of amides is 1. The SMILES string of the molecule is Nc1ccc(C(=O)NC2Cc3ccccc3C2)cc1F. The zero-order valence-electron chi connectivity index (χ0n) is 10.9. The molecule has 0 heterocycles. The summed E-state index contributed by atoms with van der Waals surface area (Å²) in [6.07, 6.45) is 1.64. The molecule has 0 bridgehead atoms. The number of carbonyl (C=O) groups is 1. The molecular formula is C16H15FN2O. The van der Waals surface area contributed by atoms with Crippen molar-refractivity contribution < 1.29 is 9.18 Å². The average molecular weight is 270 g/mol. The van der Waals surface area contributed by atoms with E-state index in [1.165, 1.54) is 29.3 Å². The first-order valence-electron chi connectivity index (χ1n) is 6.56. The summed E-state index contributed by atoms with van der Waals surface area (Å²) in [5.41, 5.74) is 8.28. The second-order valence-electron chi connectivity index (χ2n) is 5.08. The van der Waals surface area contributed by atoms with Gasteiger partial charge in [-0.05, 0) is 42.2 Å². The Hall–Kier alpha value is -2.36. The molecule has 1 aliphatic rings. The van der Waals surface area contributed by atoms with E-state index in [9.17, 15) is 9.18 Å². The highest BCUT2D eigenvalue weighted by Crippen LogP contribution is 2.22. The van der Waals surface area contributed by atoms with Gasteiger partial charge in [0.25, 0.3) is 5.91 Å².